The van der Waals surface area contributed by atoms with E-state index in [0.717, 1.165) is 33.5 Å². The summed E-state index contributed by atoms with van der Waals surface area (Å²) in [4.78, 5) is 5.65. The summed E-state index contributed by atoms with van der Waals surface area (Å²) in [7, 11) is 1.69. The zero-order chi connectivity index (χ0) is 20.0. The van der Waals surface area contributed by atoms with Crippen LogP contribution in [0.3, 0.4) is 0 Å². The number of imidazole rings is 1. The van der Waals surface area contributed by atoms with Gasteiger partial charge in [-0.15, -0.1) is 16.4 Å². The molecule has 0 fully saturated rings. The predicted octanol–water partition coefficient (Wildman–Crippen LogP) is 5.98. The molecular weight excluding hydrogens is 380 g/mol. The Hall–Kier alpha value is -3.38. The molecule has 0 aliphatic carbocycles. The van der Waals surface area contributed by atoms with Gasteiger partial charge in [-0.1, -0.05) is 6.07 Å². The number of anilines is 2. The van der Waals surface area contributed by atoms with Crippen molar-refractivity contribution in [3.05, 3.63) is 71.9 Å². The van der Waals surface area contributed by atoms with Gasteiger partial charge in [0.05, 0.1) is 18.2 Å². The van der Waals surface area contributed by atoms with Crippen molar-refractivity contribution in [3.8, 4) is 16.3 Å². The number of nitrogens with zero attached hydrogens (tertiary/aromatic N) is 3. The first-order valence-corrected chi connectivity index (χ1v) is 10.2. The summed E-state index contributed by atoms with van der Waals surface area (Å²) >= 11 is 1.71. The van der Waals surface area contributed by atoms with Crippen LogP contribution in [0.15, 0.2) is 60.8 Å². The highest BCUT2D eigenvalue weighted by molar-refractivity contribution is 7.22. The second kappa shape index (κ2) is 6.90. The van der Waals surface area contributed by atoms with Crippen LogP contribution in [0.25, 0.3) is 26.3 Å². The fourth-order valence-corrected chi connectivity index (χ4v) is 4.43. The molecule has 0 aliphatic heterocycles. The fraction of sp³-hybridized carbons (Fsp3) is 0.130. The molecule has 5 nitrogen and oxygen atoms in total. The standard InChI is InChI=1S/C23H20N4OS/c1-14-4-6-17(10-15(14)2)25-22-8-9-23-24-13-19(27(23)26-22)21-11-16-5-7-18(28-3)12-20(16)29-21/h4-13H,1-3H3,(H,25,26). The third kappa shape index (κ3) is 3.21. The summed E-state index contributed by atoms with van der Waals surface area (Å²) in [5.74, 6) is 1.64. The van der Waals surface area contributed by atoms with E-state index in [1.54, 1.807) is 18.4 Å². The summed E-state index contributed by atoms with van der Waals surface area (Å²) in [5, 5.41) is 9.37. The number of aromatic nitrogens is 3. The first-order chi connectivity index (χ1) is 14.1. The first kappa shape index (κ1) is 17.7. The fourth-order valence-electron chi connectivity index (χ4n) is 3.34. The third-order valence-electron chi connectivity index (χ3n) is 5.12. The second-order valence-electron chi connectivity index (χ2n) is 7.07. The van der Waals surface area contributed by atoms with Gasteiger partial charge in [-0.3, -0.25) is 0 Å². The minimum absolute atomic E-state index is 0.780. The Kier molecular flexibility index (Phi) is 4.21. The molecule has 0 saturated carbocycles. The maximum Gasteiger partial charge on any atom is 0.154 e. The van der Waals surface area contributed by atoms with E-state index in [4.69, 9.17) is 9.84 Å². The minimum Gasteiger partial charge on any atom is -0.497 e. The van der Waals surface area contributed by atoms with Crippen LogP contribution in [0.2, 0.25) is 0 Å². The lowest BCUT2D eigenvalue weighted by Gasteiger charge is -2.08. The molecule has 0 atom stereocenters. The van der Waals surface area contributed by atoms with Crippen LogP contribution in [0, 0.1) is 13.8 Å². The Bertz CT molecular complexity index is 1350. The van der Waals surface area contributed by atoms with Gasteiger partial charge in [0, 0.05) is 10.4 Å². The molecule has 29 heavy (non-hydrogen) atoms. The average Bonchev–Trinajstić information content (AvgIpc) is 3.33. The van der Waals surface area contributed by atoms with E-state index in [-0.39, 0.29) is 0 Å². The van der Waals surface area contributed by atoms with Crippen molar-refractivity contribution in [2.24, 2.45) is 0 Å². The van der Waals surface area contributed by atoms with Crippen molar-refractivity contribution in [3.63, 3.8) is 0 Å². The largest absolute Gasteiger partial charge is 0.497 e. The van der Waals surface area contributed by atoms with E-state index in [1.165, 1.54) is 21.2 Å². The maximum atomic E-state index is 5.35. The topological polar surface area (TPSA) is 51.5 Å². The smallest absolute Gasteiger partial charge is 0.154 e. The van der Waals surface area contributed by atoms with E-state index in [1.807, 2.05) is 28.9 Å². The van der Waals surface area contributed by atoms with Crippen molar-refractivity contribution < 1.29 is 4.74 Å². The summed E-state index contributed by atoms with van der Waals surface area (Å²) in [6.07, 6.45) is 1.88. The Morgan fingerprint density at radius 1 is 0.966 bits per heavy atom. The number of nitrogens with one attached hydrogen (secondary N) is 1. The Labute approximate surface area is 172 Å². The summed E-state index contributed by atoms with van der Waals surface area (Å²) in [6, 6.07) is 18.6. The van der Waals surface area contributed by atoms with Gasteiger partial charge in [0.25, 0.3) is 0 Å². The van der Waals surface area contributed by atoms with E-state index in [0.29, 0.717) is 0 Å². The van der Waals surface area contributed by atoms with Gasteiger partial charge in [-0.2, -0.15) is 0 Å². The third-order valence-corrected chi connectivity index (χ3v) is 6.24. The molecule has 1 N–H and O–H groups in total. The van der Waals surface area contributed by atoms with Gasteiger partial charge in [-0.05, 0) is 78.9 Å². The number of methoxy groups -OCH3 is 1. The highest BCUT2D eigenvalue weighted by atomic mass is 32.1. The van der Waals surface area contributed by atoms with E-state index < -0.39 is 0 Å². The number of ether oxygens (including phenoxy) is 1. The zero-order valence-corrected chi connectivity index (χ0v) is 17.2. The van der Waals surface area contributed by atoms with Gasteiger partial charge >= 0.3 is 0 Å². The molecule has 0 bridgehead atoms. The monoisotopic (exact) mass is 400 g/mol. The van der Waals surface area contributed by atoms with E-state index >= 15 is 0 Å². The van der Waals surface area contributed by atoms with Crippen molar-refractivity contribution in [2.75, 3.05) is 12.4 Å². The molecule has 0 amide bonds. The van der Waals surface area contributed by atoms with Crippen molar-refractivity contribution in [2.45, 2.75) is 13.8 Å². The molecular formula is C23H20N4OS. The Balaban J connectivity index is 1.55. The molecule has 3 aromatic heterocycles. The predicted molar refractivity (Wildman–Crippen MR) is 120 cm³/mol. The Morgan fingerprint density at radius 3 is 2.69 bits per heavy atom. The lowest BCUT2D eigenvalue weighted by Crippen LogP contribution is -2.00. The average molecular weight is 401 g/mol. The van der Waals surface area contributed by atoms with Crippen molar-refractivity contribution >= 4 is 38.6 Å². The second-order valence-corrected chi connectivity index (χ2v) is 8.15. The molecule has 0 saturated heterocycles. The maximum absolute atomic E-state index is 5.35. The molecule has 0 radical (unpaired) electrons. The minimum atomic E-state index is 0.780. The van der Waals surface area contributed by atoms with Crippen LogP contribution < -0.4 is 10.1 Å². The molecule has 0 unspecified atom stereocenters. The normalized spacial score (nSPS) is 11.3. The van der Waals surface area contributed by atoms with Gasteiger partial charge in [0.1, 0.15) is 11.4 Å². The van der Waals surface area contributed by atoms with Crippen molar-refractivity contribution in [1.29, 1.82) is 0 Å². The number of rotatable bonds is 4. The van der Waals surface area contributed by atoms with E-state index in [9.17, 15) is 0 Å². The van der Waals surface area contributed by atoms with Gasteiger partial charge in [-0.25, -0.2) is 9.50 Å². The number of aryl methyl sites for hydroxylation is 2. The quantitative estimate of drug-likeness (QED) is 0.403. The summed E-state index contributed by atoms with van der Waals surface area (Å²) in [5.41, 5.74) is 5.34. The van der Waals surface area contributed by atoms with Crippen LogP contribution in [0.1, 0.15) is 11.1 Å². The molecule has 5 rings (SSSR count). The molecule has 2 aromatic carbocycles. The lowest BCUT2D eigenvalue weighted by molar-refractivity contribution is 0.415. The lowest BCUT2D eigenvalue weighted by atomic mass is 10.1. The Morgan fingerprint density at radius 2 is 1.86 bits per heavy atom. The van der Waals surface area contributed by atoms with E-state index in [2.05, 4.69) is 60.5 Å². The molecule has 144 valence electrons. The van der Waals surface area contributed by atoms with Gasteiger partial charge < -0.3 is 10.1 Å². The van der Waals surface area contributed by atoms with Gasteiger partial charge in [0.15, 0.2) is 11.5 Å². The highest BCUT2D eigenvalue weighted by Gasteiger charge is 2.12. The summed E-state index contributed by atoms with van der Waals surface area (Å²) < 4.78 is 8.42. The van der Waals surface area contributed by atoms with Gasteiger partial charge in [0.2, 0.25) is 0 Å². The zero-order valence-electron chi connectivity index (χ0n) is 16.4. The first-order valence-electron chi connectivity index (χ1n) is 9.38. The van der Waals surface area contributed by atoms with Crippen molar-refractivity contribution in [1.82, 2.24) is 14.6 Å². The molecule has 5 aromatic rings. The van der Waals surface area contributed by atoms with Crippen LogP contribution in [-0.2, 0) is 0 Å². The summed E-state index contributed by atoms with van der Waals surface area (Å²) in [6.45, 7) is 4.23. The van der Waals surface area contributed by atoms with Crippen LogP contribution in [0.4, 0.5) is 11.5 Å². The number of benzene rings is 2. The molecule has 3 heterocycles. The number of fused-ring (bicyclic) bond motifs is 2. The van der Waals surface area contributed by atoms with Crippen LogP contribution in [-0.4, -0.2) is 21.7 Å². The van der Waals surface area contributed by atoms with Crippen LogP contribution >= 0.6 is 11.3 Å². The molecule has 6 heteroatoms. The molecule has 0 spiro atoms. The van der Waals surface area contributed by atoms with Crippen LogP contribution in [0.5, 0.6) is 5.75 Å². The highest BCUT2D eigenvalue weighted by Crippen LogP contribution is 2.35. The number of thiophene rings is 1. The SMILES string of the molecule is COc1ccc2cc(-c3cnc4ccc(Nc5ccc(C)c(C)c5)nn34)sc2c1. The number of hydrogen-bond acceptors (Lipinski definition) is 5. The number of hydrogen-bond donors (Lipinski definition) is 1. The molecule has 0 aliphatic rings.